The van der Waals surface area contributed by atoms with E-state index in [4.69, 9.17) is 0 Å². The summed E-state index contributed by atoms with van der Waals surface area (Å²) in [4.78, 5) is 12.3. The largest absolute Gasteiger partial charge is 0.299 e. The molecule has 0 unspecified atom stereocenters. The number of carbonyl (C=O) groups excluding carboxylic acids is 1. The Morgan fingerprint density at radius 3 is 1.53 bits per heavy atom. The van der Waals surface area contributed by atoms with Crippen molar-refractivity contribution in [1.82, 2.24) is 0 Å². The lowest BCUT2D eigenvalue weighted by Crippen LogP contribution is -2.18. The van der Waals surface area contributed by atoms with Crippen LogP contribution in [0.2, 0.25) is 0 Å². The lowest BCUT2D eigenvalue weighted by Gasteiger charge is -2.19. The summed E-state index contributed by atoms with van der Waals surface area (Å²) in [7, 11) is 0. The zero-order chi connectivity index (χ0) is 13.1. The Bertz CT molecular complexity index is 174. The molecule has 0 aromatic rings. The van der Waals surface area contributed by atoms with Crippen molar-refractivity contribution in [3.05, 3.63) is 0 Å². The van der Waals surface area contributed by atoms with E-state index in [1.807, 2.05) is 0 Å². The molecule has 0 saturated heterocycles. The lowest BCUT2D eigenvalue weighted by atomic mass is 9.85. The Hall–Kier alpha value is -0.330. The molecule has 0 atom stereocenters. The molecule has 0 saturated carbocycles. The number of Topliss-reactive ketones (excluding diaryl/α,β-unsaturated/α-hetero) is 1. The van der Waals surface area contributed by atoms with Crippen LogP contribution in [0, 0.1) is 11.8 Å². The summed E-state index contributed by atoms with van der Waals surface area (Å²) in [6, 6.07) is 0. The predicted molar refractivity (Wildman–Crippen MR) is 76.2 cm³/mol. The van der Waals surface area contributed by atoms with E-state index >= 15 is 0 Å². The summed E-state index contributed by atoms with van der Waals surface area (Å²) < 4.78 is 0. The Kier molecular flexibility index (Phi) is 10.6. The third kappa shape index (κ3) is 7.57. The first-order valence-corrected chi connectivity index (χ1v) is 7.72. The second kappa shape index (κ2) is 10.8. The monoisotopic (exact) mass is 240 g/mol. The molecule has 1 nitrogen and oxygen atoms in total. The van der Waals surface area contributed by atoms with Gasteiger partial charge in [-0.25, -0.2) is 0 Å². The quantitative estimate of drug-likeness (QED) is 0.474. The fraction of sp³-hybridized carbons (Fsp3) is 0.938. The number of rotatable bonds is 11. The predicted octanol–water partition coefficient (Wildman–Crippen LogP) is 5.38. The van der Waals surface area contributed by atoms with Crippen LogP contribution in [-0.2, 0) is 4.79 Å². The smallest absolute Gasteiger partial charge is 0.136 e. The van der Waals surface area contributed by atoms with Crippen LogP contribution in [0.3, 0.4) is 0 Å². The molecule has 0 N–H and O–H groups in total. The highest BCUT2D eigenvalue weighted by Crippen LogP contribution is 2.23. The molecule has 0 rings (SSSR count). The molecule has 0 heterocycles. The van der Waals surface area contributed by atoms with Crippen LogP contribution < -0.4 is 0 Å². The summed E-state index contributed by atoms with van der Waals surface area (Å²) in [5.74, 6) is 1.54. The maximum atomic E-state index is 12.3. The van der Waals surface area contributed by atoms with Crippen molar-refractivity contribution in [3.8, 4) is 0 Å². The molecular formula is C16H32O. The molecule has 0 aliphatic heterocycles. The van der Waals surface area contributed by atoms with Gasteiger partial charge < -0.3 is 0 Å². The van der Waals surface area contributed by atoms with Gasteiger partial charge in [-0.2, -0.15) is 0 Å². The number of hydrogen-bond donors (Lipinski definition) is 0. The van der Waals surface area contributed by atoms with Crippen molar-refractivity contribution in [2.75, 3.05) is 0 Å². The van der Waals surface area contributed by atoms with E-state index in [2.05, 4.69) is 27.7 Å². The molecule has 0 aliphatic rings. The minimum atomic E-state index is 0.348. The zero-order valence-corrected chi connectivity index (χ0v) is 12.4. The molecule has 0 amide bonds. The summed E-state index contributed by atoms with van der Waals surface area (Å²) in [6.45, 7) is 8.82. The van der Waals surface area contributed by atoms with E-state index in [0.717, 1.165) is 32.1 Å². The average molecular weight is 240 g/mol. The van der Waals surface area contributed by atoms with Gasteiger partial charge in [0.25, 0.3) is 0 Å². The first-order valence-electron chi connectivity index (χ1n) is 7.72. The number of ketones is 1. The van der Waals surface area contributed by atoms with Crippen LogP contribution in [0.25, 0.3) is 0 Å². The van der Waals surface area contributed by atoms with Crippen molar-refractivity contribution in [2.45, 2.75) is 85.5 Å². The molecule has 0 aromatic carbocycles. The standard InChI is InChI=1S/C16H32O/c1-5-9-14(10-6-2)13-16(17)15(11-7-3)12-8-4/h14-15H,5-13H2,1-4H3. The highest BCUT2D eigenvalue weighted by atomic mass is 16.1. The van der Waals surface area contributed by atoms with Crippen molar-refractivity contribution in [2.24, 2.45) is 11.8 Å². The van der Waals surface area contributed by atoms with Crippen molar-refractivity contribution < 1.29 is 4.79 Å². The molecule has 0 fully saturated rings. The second-order valence-electron chi connectivity index (χ2n) is 5.39. The summed E-state index contributed by atoms with van der Waals surface area (Å²) in [6.07, 6.45) is 10.2. The minimum absolute atomic E-state index is 0.348. The second-order valence-corrected chi connectivity index (χ2v) is 5.39. The van der Waals surface area contributed by atoms with Gasteiger partial charge in [-0.1, -0.05) is 66.2 Å². The van der Waals surface area contributed by atoms with Crippen LogP contribution >= 0.6 is 0 Å². The third-order valence-corrected chi connectivity index (χ3v) is 3.61. The van der Waals surface area contributed by atoms with Crippen LogP contribution in [0.15, 0.2) is 0 Å². The molecule has 0 bridgehead atoms. The van der Waals surface area contributed by atoms with Gasteiger partial charge in [0.1, 0.15) is 5.78 Å². The SMILES string of the molecule is CCCC(CCC)CC(=O)C(CCC)CCC. The van der Waals surface area contributed by atoms with Gasteiger partial charge in [-0.15, -0.1) is 0 Å². The molecule has 0 radical (unpaired) electrons. The number of carbonyl (C=O) groups is 1. The van der Waals surface area contributed by atoms with Gasteiger partial charge in [0, 0.05) is 12.3 Å². The van der Waals surface area contributed by atoms with E-state index in [1.165, 1.54) is 25.7 Å². The van der Waals surface area contributed by atoms with Gasteiger partial charge in [-0.05, 0) is 18.8 Å². The van der Waals surface area contributed by atoms with Crippen LogP contribution in [-0.4, -0.2) is 5.78 Å². The van der Waals surface area contributed by atoms with Gasteiger partial charge >= 0.3 is 0 Å². The van der Waals surface area contributed by atoms with Crippen LogP contribution in [0.1, 0.15) is 85.5 Å². The Morgan fingerprint density at radius 1 is 0.765 bits per heavy atom. The Morgan fingerprint density at radius 2 is 1.18 bits per heavy atom. The lowest BCUT2D eigenvalue weighted by molar-refractivity contribution is -0.124. The molecule has 1 heteroatoms. The van der Waals surface area contributed by atoms with E-state index < -0.39 is 0 Å². The number of hydrogen-bond acceptors (Lipinski definition) is 1. The topological polar surface area (TPSA) is 17.1 Å². The van der Waals surface area contributed by atoms with Crippen molar-refractivity contribution in [3.63, 3.8) is 0 Å². The first kappa shape index (κ1) is 16.7. The van der Waals surface area contributed by atoms with Crippen LogP contribution in [0.5, 0.6) is 0 Å². The molecule has 102 valence electrons. The van der Waals surface area contributed by atoms with E-state index in [9.17, 15) is 4.79 Å². The van der Waals surface area contributed by atoms with Crippen molar-refractivity contribution >= 4 is 5.78 Å². The zero-order valence-electron chi connectivity index (χ0n) is 12.4. The summed E-state index contributed by atoms with van der Waals surface area (Å²) in [5, 5.41) is 0. The van der Waals surface area contributed by atoms with E-state index in [1.54, 1.807) is 0 Å². The Balaban J connectivity index is 4.22. The molecule has 0 aliphatic carbocycles. The summed E-state index contributed by atoms with van der Waals surface area (Å²) in [5.41, 5.74) is 0. The van der Waals surface area contributed by atoms with E-state index in [0.29, 0.717) is 17.6 Å². The van der Waals surface area contributed by atoms with Gasteiger partial charge in [0.2, 0.25) is 0 Å². The van der Waals surface area contributed by atoms with Crippen molar-refractivity contribution in [1.29, 1.82) is 0 Å². The average Bonchev–Trinajstić information content (AvgIpc) is 2.29. The summed E-state index contributed by atoms with van der Waals surface area (Å²) >= 11 is 0. The highest BCUT2D eigenvalue weighted by molar-refractivity contribution is 5.81. The fourth-order valence-corrected chi connectivity index (χ4v) is 2.78. The molecular weight excluding hydrogens is 208 g/mol. The van der Waals surface area contributed by atoms with Gasteiger partial charge in [-0.3, -0.25) is 4.79 Å². The van der Waals surface area contributed by atoms with Gasteiger partial charge in [0.15, 0.2) is 0 Å². The highest BCUT2D eigenvalue weighted by Gasteiger charge is 2.20. The fourth-order valence-electron chi connectivity index (χ4n) is 2.78. The minimum Gasteiger partial charge on any atom is -0.299 e. The maximum absolute atomic E-state index is 12.3. The maximum Gasteiger partial charge on any atom is 0.136 e. The third-order valence-electron chi connectivity index (χ3n) is 3.61. The van der Waals surface area contributed by atoms with Gasteiger partial charge in [0.05, 0.1) is 0 Å². The van der Waals surface area contributed by atoms with E-state index in [-0.39, 0.29) is 0 Å². The normalized spacial score (nSPS) is 11.4. The molecule has 0 aromatic heterocycles. The van der Waals surface area contributed by atoms with Crippen LogP contribution in [0.4, 0.5) is 0 Å². The molecule has 0 spiro atoms. The molecule has 17 heavy (non-hydrogen) atoms. The first-order chi connectivity index (χ1) is 8.19. The Labute approximate surface area is 108 Å².